The van der Waals surface area contributed by atoms with Gasteiger partial charge in [-0.1, -0.05) is 0 Å². The highest BCUT2D eigenvalue weighted by Crippen LogP contribution is 2.32. The zero-order valence-electron chi connectivity index (χ0n) is 19.0. The van der Waals surface area contributed by atoms with Gasteiger partial charge in [0.1, 0.15) is 17.2 Å². The molecule has 2 aromatic rings. The largest absolute Gasteiger partial charge is 0.497 e. The number of benzene rings is 1. The van der Waals surface area contributed by atoms with E-state index in [0.29, 0.717) is 34.0 Å². The van der Waals surface area contributed by atoms with E-state index in [-0.39, 0.29) is 36.7 Å². The topological polar surface area (TPSA) is 110 Å². The Morgan fingerprint density at radius 3 is 2.47 bits per heavy atom. The number of Topliss-reactive ketones (excluding diaryl/α,β-unsaturated/α-hetero) is 1. The van der Waals surface area contributed by atoms with Crippen LogP contribution in [-0.2, 0) is 4.74 Å². The molecular formula is C23H29N3O6. The molecule has 1 saturated carbocycles. The number of nitrogens with zero attached hydrogens (tertiary/aromatic N) is 1. The fraction of sp³-hybridized carbons (Fsp3) is 0.435. The van der Waals surface area contributed by atoms with Gasteiger partial charge in [-0.25, -0.2) is 9.59 Å². The number of aromatic nitrogens is 1. The van der Waals surface area contributed by atoms with E-state index in [9.17, 15) is 14.4 Å². The second-order valence-corrected chi connectivity index (χ2v) is 7.62. The molecular weight excluding hydrogens is 414 g/mol. The van der Waals surface area contributed by atoms with Crippen LogP contribution in [0.5, 0.6) is 11.5 Å². The Hall–Kier alpha value is -3.49. The number of methoxy groups -OCH3 is 2. The number of carbonyl (C=O) groups excluding carboxylic acids is 3. The van der Waals surface area contributed by atoms with E-state index < -0.39 is 5.97 Å². The molecule has 0 atom stereocenters. The van der Waals surface area contributed by atoms with Gasteiger partial charge in [0.05, 0.1) is 33.1 Å². The van der Waals surface area contributed by atoms with E-state index in [1.165, 1.54) is 12.0 Å². The van der Waals surface area contributed by atoms with Crippen LogP contribution in [0.25, 0.3) is 0 Å². The van der Waals surface area contributed by atoms with Crippen LogP contribution < -0.4 is 14.8 Å². The van der Waals surface area contributed by atoms with Gasteiger partial charge in [0, 0.05) is 23.4 Å². The SMILES string of the molecule is CCOC(=O)c1[nH]c(C)c(C(=O)CN(C(=O)Nc2ccc(OC)cc2OC)C2CC2)c1C. The quantitative estimate of drug-likeness (QED) is 0.452. The summed E-state index contributed by atoms with van der Waals surface area (Å²) < 4.78 is 15.6. The van der Waals surface area contributed by atoms with E-state index in [1.807, 2.05) is 0 Å². The van der Waals surface area contributed by atoms with Crippen molar-refractivity contribution in [2.75, 3.05) is 32.7 Å². The molecule has 2 amide bonds. The Bertz CT molecular complexity index is 1020. The molecule has 0 unspecified atom stereocenters. The zero-order valence-corrected chi connectivity index (χ0v) is 19.0. The molecule has 3 rings (SSSR count). The number of hydrogen-bond donors (Lipinski definition) is 2. The third-order valence-electron chi connectivity index (χ3n) is 5.41. The van der Waals surface area contributed by atoms with Gasteiger partial charge in [0.2, 0.25) is 0 Å². The van der Waals surface area contributed by atoms with Gasteiger partial charge in [-0.05, 0) is 51.3 Å². The first kappa shape index (κ1) is 23.2. The number of ketones is 1. The summed E-state index contributed by atoms with van der Waals surface area (Å²) in [5, 5.41) is 2.83. The van der Waals surface area contributed by atoms with Crippen molar-refractivity contribution in [2.24, 2.45) is 0 Å². The van der Waals surface area contributed by atoms with Crippen LogP contribution in [0, 0.1) is 13.8 Å². The summed E-state index contributed by atoms with van der Waals surface area (Å²) in [6, 6.07) is 4.68. The van der Waals surface area contributed by atoms with E-state index in [4.69, 9.17) is 14.2 Å². The number of hydrogen-bond acceptors (Lipinski definition) is 6. The maximum absolute atomic E-state index is 13.2. The first-order valence-corrected chi connectivity index (χ1v) is 10.5. The van der Waals surface area contributed by atoms with Gasteiger partial charge in [-0.2, -0.15) is 0 Å². The molecule has 1 aromatic carbocycles. The summed E-state index contributed by atoms with van der Waals surface area (Å²) in [7, 11) is 3.05. The molecule has 1 heterocycles. The van der Waals surface area contributed by atoms with Crippen molar-refractivity contribution in [3.63, 3.8) is 0 Å². The lowest BCUT2D eigenvalue weighted by molar-refractivity contribution is 0.0519. The number of nitrogens with one attached hydrogen (secondary N) is 2. The minimum atomic E-state index is -0.504. The van der Waals surface area contributed by atoms with Crippen molar-refractivity contribution >= 4 is 23.5 Å². The van der Waals surface area contributed by atoms with Crippen molar-refractivity contribution in [2.45, 2.75) is 39.7 Å². The van der Waals surface area contributed by atoms with Crippen molar-refractivity contribution in [3.8, 4) is 11.5 Å². The predicted molar refractivity (Wildman–Crippen MR) is 119 cm³/mol. The number of rotatable bonds is 9. The molecule has 1 aliphatic carbocycles. The zero-order chi connectivity index (χ0) is 23.4. The van der Waals surface area contributed by atoms with Crippen LogP contribution in [0.4, 0.5) is 10.5 Å². The lowest BCUT2D eigenvalue weighted by atomic mass is 10.1. The Balaban J connectivity index is 1.79. The molecule has 0 aliphatic heterocycles. The van der Waals surface area contributed by atoms with Crippen LogP contribution in [0.2, 0.25) is 0 Å². The first-order valence-electron chi connectivity index (χ1n) is 10.5. The average molecular weight is 444 g/mol. The minimum absolute atomic E-state index is 0.00715. The third-order valence-corrected chi connectivity index (χ3v) is 5.41. The summed E-state index contributed by atoms with van der Waals surface area (Å²) in [6.45, 7) is 5.29. The molecule has 0 spiro atoms. The Morgan fingerprint density at radius 1 is 1.16 bits per heavy atom. The number of ether oxygens (including phenoxy) is 3. The van der Waals surface area contributed by atoms with E-state index in [1.54, 1.807) is 46.1 Å². The number of esters is 1. The van der Waals surface area contributed by atoms with Gasteiger partial charge in [0.15, 0.2) is 5.78 Å². The minimum Gasteiger partial charge on any atom is -0.497 e. The fourth-order valence-corrected chi connectivity index (χ4v) is 3.65. The second-order valence-electron chi connectivity index (χ2n) is 7.62. The highest BCUT2D eigenvalue weighted by molar-refractivity contribution is 6.05. The number of aryl methyl sites for hydroxylation is 1. The van der Waals surface area contributed by atoms with Gasteiger partial charge < -0.3 is 29.4 Å². The number of anilines is 1. The summed E-state index contributed by atoms with van der Waals surface area (Å²) in [6.07, 6.45) is 1.67. The Labute approximate surface area is 187 Å². The third kappa shape index (κ3) is 4.87. The number of carbonyl (C=O) groups is 3. The molecule has 2 N–H and O–H groups in total. The van der Waals surface area contributed by atoms with Crippen LogP contribution in [0.15, 0.2) is 18.2 Å². The standard InChI is InChI=1S/C23H29N3O6/c1-6-32-22(28)21-13(2)20(14(3)24-21)18(27)12-26(15-7-8-15)23(29)25-17-10-9-16(30-4)11-19(17)31-5/h9-11,15,24H,6-8,12H2,1-5H3,(H,25,29). The number of H-pyrrole nitrogens is 1. The maximum atomic E-state index is 13.2. The molecule has 9 nitrogen and oxygen atoms in total. The van der Waals surface area contributed by atoms with Crippen molar-refractivity contribution in [3.05, 3.63) is 40.7 Å². The first-order chi connectivity index (χ1) is 15.3. The van der Waals surface area contributed by atoms with Crippen LogP contribution in [-0.4, -0.2) is 61.1 Å². The number of urea groups is 1. The normalized spacial score (nSPS) is 12.8. The van der Waals surface area contributed by atoms with Crippen LogP contribution in [0.3, 0.4) is 0 Å². The van der Waals surface area contributed by atoms with Gasteiger partial charge in [-0.3, -0.25) is 4.79 Å². The molecule has 0 saturated heterocycles. The maximum Gasteiger partial charge on any atom is 0.355 e. The lowest BCUT2D eigenvalue weighted by Crippen LogP contribution is -2.40. The summed E-state index contributed by atoms with van der Waals surface area (Å²) in [5.74, 6) is 0.312. The van der Waals surface area contributed by atoms with Gasteiger partial charge >= 0.3 is 12.0 Å². The lowest BCUT2D eigenvalue weighted by Gasteiger charge is -2.23. The van der Waals surface area contributed by atoms with Crippen LogP contribution >= 0.6 is 0 Å². The molecule has 0 bridgehead atoms. The van der Waals surface area contributed by atoms with Crippen molar-refractivity contribution in [1.29, 1.82) is 0 Å². The molecule has 32 heavy (non-hydrogen) atoms. The summed E-state index contributed by atoms with van der Waals surface area (Å²) in [4.78, 5) is 42.8. The van der Waals surface area contributed by atoms with E-state index in [2.05, 4.69) is 10.3 Å². The smallest absolute Gasteiger partial charge is 0.355 e. The van der Waals surface area contributed by atoms with Crippen molar-refractivity contribution in [1.82, 2.24) is 9.88 Å². The number of aromatic amines is 1. The molecule has 1 aromatic heterocycles. The molecule has 0 radical (unpaired) electrons. The van der Waals surface area contributed by atoms with Gasteiger partial charge in [0.25, 0.3) is 0 Å². The number of amides is 2. The van der Waals surface area contributed by atoms with E-state index >= 15 is 0 Å². The summed E-state index contributed by atoms with van der Waals surface area (Å²) >= 11 is 0. The molecule has 9 heteroatoms. The van der Waals surface area contributed by atoms with E-state index in [0.717, 1.165) is 12.8 Å². The monoisotopic (exact) mass is 443 g/mol. The second kappa shape index (κ2) is 9.76. The Morgan fingerprint density at radius 2 is 1.88 bits per heavy atom. The average Bonchev–Trinajstić information content (AvgIpc) is 3.56. The highest BCUT2D eigenvalue weighted by atomic mass is 16.5. The Kier molecular flexibility index (Phi) is 7.07. The highest BCUT2D eigenvalue weighted by Gasteiger charge is 2.35. The fourth-order valence-electron chi connectivity index (χ4n) is 3.65. The summed E-state index contributed by atoms with van der Waals surface area (Å²) in [5.41, 5.74) is 2.25. The van der Waals surface area contributed by atoms with Crippen LogP contribution in [0.1, 0.15) is 51.9 Å². The van der Waals surface area contributed by atoms with Gasteiger partial charge in [-0.15, -0.1) is 0 Å². The molecule has 172 valence electrons. The predicted octanol–water partition coefficient (Wildman–Crippen LogP) is 3.70. The van der Waals surface area contributed by atoms with Crippen molar-refractivity contribution < 1.29 is 28.6 Å². The molecule has 1 aliphatic rings. The molecule has 1 fully saturated rings.